The van der Waals surface area contributed by atoms with Gasteiger partial charge in [-0.05, 0) is 31.0 Å². The van der Waals surface area contributed by atoms with E-state index < -0.39 is 63.9 Å². The van der Waals surface area contributed by atoms with E-state index in [2.05, 4.69) is 14.3 Å². The van der Waals surface area contributed by atoms with Crippen LogP contribution in [0.3, 0.4) is 0 Å². The van der Waals surface area contributed by atoms with Gasteiger partial charge in [-0.25, -0.2) is 23.0 Å². The second kappa shape index (κ2) is 11.7. The molecule has 226 valence electrons. The smallest absolute Gasteiger partial charge is 0.285 e. The van der Waals surface area contributed by atoms with Gasteiger partial charge in [0.2, 0.25) is 5.88 Å². The molecular weight excluding hydrogens is 600 g/mol. The minimum atomic E-state index is -2.93. The van der Waals surface area contributed by atoms with Crippen molar-refractivity contribution >= 4 is 38.8 Å². The van der Waals surface area contributed by atoms with E-state index in [0.717, 1.165) is 12.1 Å². The van der Waals surface area contributed by atoms with Crippen LogP contribution in [0.15, 0.2) is 27.6 Å². The number of carbonyl (C=O) groups is 1. The van der Waals surface area contributed by atoms with Crippen LogP contribution in [0.25, 0.3) is 0 Å². The molecule has 11 nitrogen and oxygen atoms in total. The predicted molar refractivity (Wildman–Crippen MR) is 146 cm³/mol. The Hall–Kier alpha value is -2.75. The third kappa shape index (κ3) is 5.88. The maximum absolute atomic E-state index is 14.9. The number of carbonyl (C=O) groups excluding carboxylic acids is 1. The third-order valence-electron chi connectivity index (χ3n) is 7.63. The Morgan fingerprint density at radius 3 is 2.62 bits per heavy atom. The molecule has 5 atom stereocenters. The average molecular weight is 628 g/mol. The molecule has 1 unspecified atom stereocenters. The summed E-state index contributed by atoms with van der Waals surface area (Å²) < 4.78 is 74.5. The fourth-order valence-corrected chi connectivity index (χ4v) is 7.19. The number of aliphatic hydroxyl groups excluding tert-OH is 1. The molecule has 6 rings (SSSR count). The summed E-state index contributed by atoms with van der Waals surface area (Å²) in [6.07, 6.45) is 0.575. The van der Waals surface area contributed by atoms with Gasteiger partial charge < -0.3 is 28.8 Å². The number of ether oxygens (including phenoxy) is 5. The van der Waals surface area contributed by atoms with Crippen LogP contribution >= 0.6 is 11.6 Å². The number of amides is 1. The van der Waals surface area contributed by atoms with Crippen molar-refractivity contribution < 1.29 is 46.6 Å². The molecule has 4 aliphatic rings. The van der Waals surface area contributed by atoms with Crippen LogP contribution in [0.1, 0.15) is 34.5 Å². The molecule has 3 saturated heterocycles. The summed E-state index contributed by atoms with van der Waals surface area (Å²) in [7, 11) is -2.93. The molecule has 1 N–H and O–H groups in total. The zero-order valence-electron chi connectivity index (χ0n) is 22.5. The highest BCUT2D eigenvalue weighted by Crippen LogP contribution is 2.36. The largest absolute Gasteiger partial charge is 0.472 e. The highest BCUT2D eigenvalue weighted by molar-refractivity contribution is 7.93. The number of rotatable bonds is 6. The maximum atomic E-state index is 14.9. The first-order chi connectivity index (χ1) is 20.1. The van der Waals surface area contributed by atoms with Crippen LogP contribution < -0.4 is 4.74 Å². The lowest BCUT2D eigenvalue weighted by Crippen LogP contribution is -2.34. The van der Waals surface area contributed by atoms with Crippen LogP contribution in [-0.4, -0.2) is 88.5 Å². The van der Waals surface area contributed by atoms with E-state index in [4.69, 9.17) is 35.3 Å². The molecular formula is C27H28ClF2N3O8S. The van der Waals surface area contributed by atoms with Crippen molar-refractivity contribution in [3.8, 4) is 5.88 Å². The van der Waals surface area contributed by atoms with Gasteiger partial charge in [0.15, 0.2) is 12.0 Å². The quantitative estimate of drug-likeness (QED) is 0.512. The molecule has 4 aliphatic heterocycles. The first-order valence-electron chi connectivity index (χ1n) is 13.4. The van der Waals surface area contributed by atoms with Gasteiger partial charge >= 0.3 is 0 Å². The number of aliphatic hydroxyl groups is 1. The summed E-state index contributed by atoms with van der Waals surface area (Å²) in [6, 6.07) is 3.19. The topological polar surface area (TPSA) is 138 Å². The minimum Gasteiger partial charge on any atom is -0.472 e. The summed E-state index contributed by atoms with van der Waals surface area (Å²) in [5.74, 6) is -2.73. The zero-order valence-corrected chi connectivity index (χ0v) is 24.0. The second-order valence-electron chi connectivity index (χ2n) is 10.5. The van der Waals surface area contributed by atoms with Gasteiger partial charge in [0, 0.05) is 30.3 Å². The van der Waals surface area contributed by atoms with Crippen molar-refractivity contribution in [1.29, 1.82) is 0 Å². The van der Waals surface area contributed by atoms with Crippen molar-refractivity contribution in [2.24, 2.45) is 9.36 Å². The molecule has 3 fully saturated rings. The Balaban J connectivity index is 1.11. The van der Waals surface area contributed by atoms with Crippen LogP contribution in [0.4, 0.5) is 14.5 Å². The SMILES string of the molecule is CS(=O)(=NC(=O)c1cc(F)c(COc2nc3c(cc2Cl)N=C(O[C@@H]2CO[C@H]4[C@@H]2OC[C@H]4O)C3)c(F)c1)C1CCOCC1. The fraction of sp³-hybridized carbons (Fsp3) is 0.519. The maximum Gasteiger partial charge on any atom is 0.285 e. The predicted octanol–water partition coefficient (Wildman–Crippen LogP) is 3.14. The Morgan fingerprint density at radius 2 is 1.88 bits per heavy atom. The Morgan fingerprint density at radius 1 is 1.17 bits per heavy atom. The van der Waals surface area contributed by atoms with Crippen molar-refractivity contribution in [1.82, 2.24) is 4.98 Å². The van der Waals surface area contributed by atoms with Gasteiger partial charge in [-0.3, -0.25) is 4.79 Å². The van der Waals surface area contributed by atoms with Gasteiger partial charge in [-0.2, -0.15) is 4.36 Å². The van der Waals surface area contributed by atoms with Crippen molar-refractivity contribution in [2.75, 3.05) is 32.7 Å². The first-order valence-corrected chi connectivity index (χ1v) is 15.7. The number of fused-ring (bicyclic) bond motifs is 2. The summed E-state index contributed by atoms with van der Waals surface area (Å²) in [5.41, 5.74) is 0.150. The van der Waals surface area contributed by atoms with Crippen molar-refractivity contribution in [2.45, 2.75) is 55.5 Å². The lowest BCUT2D eigenvalue weighted by Gasteiger charge is -2.22. The molecule has 1 aromatic carbocycles. The average Bonchev–Trinajstić information content (AvgIpc) is 3.64. The van der Waals surface area contributed by atoms with Crippen LogP contribution in [0, 0.1) is 11.6 Å². The molecule has 15 heteroatoms. The van der Waals surface area contributed by atoms with Crippen LogP contribution in [-0.2, 0) is 41.7 Å². The molecule has 0 saturated carbocycles. The zero-order chi connectivity index (χ0) is 29.6. The van der Waals surface area contributed by atoms with Gasteiger partial charge in [-0.1, -0.05) is 11.6 Å². The molecule has 0 radical (unpaired) electrons. The van der Waals surface area contributed by atoms with E-state index in [0.29, 0.717) is 43.3 Å². The first kappa shape index (κ1) is 29.3. The molecule has 1 aromatic heterocycles. The van der Waals surface area contributed by atoms with E-state index >= 15 is 0 Å². The molecule has 5 heterocycles. The van der Waals surface area contributed by atoms with Gasteiger partial charge in [0.1, 0.15) is 41.6 Å². The lowest BCUT2D eigenvalue weighted by molar-refractivity contribution is 0.00558. The lowest BCUT2D eigenvalue weighted by atomic mass is 10.1. The number of aromatic nitrogens is 1. The van der Waals surface area contributed by atoms with Crippen LogP contribution in [0.5, 0.6) is 5.88 Å². The van der Waals surface area contributed by atoms with Crippen molar-refractivity contribution in [3.05, 3.63) is 51.7 Å². The van der Waals surface area contributed by atoms with E-state index in [1.54, 1.807) is 0 Å². The molecule has 0 bridgehead atoms. The highest BCUT2D eigenvalue weighted by Gasteiger charge is 2.49. The summed E-state index contributed by atoms with van der Waals surface area (Å²) in [4.78, 5) is 21.4. The number of benzene rings is 1. The molecule has 1 amide bonds. The Kier molecular flexibility index (Phi) is 8.19. The second-order valence-corrected chi connectivity index (χ2v) is 13.5. The molecule has 0 spiro atoms. The van der Waals surface area contributed by atoms with E-state index in [9.17, 15) is 22.9 Å². The minimum absolute atomic E-state index is 0.0606. The van der Waals surface area contributed by atoms with Gasteiger partial charge in [0.05, 0.1) is 46.3 Å². The molecule has 0 aliphatic carbocycles. The van der Waals surface area contributed by atoms with E-state index in [1.807, 2.05) is 0 Å². The van der Waals surface area contributed by atoms with Gasteiger partial charge in [0.25, 0.3) is 5.91 Å². The number of hydrogen-bond donors (Lipinski definition) is 1. The van der Waals surface area contributed by atoms with Crippen LogP contribution in [0.2, 0.25) is 5.02 Å². The Bertz CT molecular complexity index is 1540. The van der Waals surface area contributed by atoms with E-state index in [-0.39, 0.29) is 41.4 Å². The Labute approximate surface area is 245 Å². The summed E-state index contributed by atoms with van der Waals surface area (Å²) in [5, 5.41) is 9.65. The fourth-order valence-electron chi connectivity index (χ4n) is 5.34. The van der Waals surface area contributed by atoms with E-state index in [1.165, 1.54) is 12.3 Å². The number of halogens is 3. The van der Waals surface area contributed by atoms with Gasteiger partial charge in [-0.15, -0.1) is 0 Å². The van der Waals surface area contributed by atoms with Crippen molar-refractivity contribution in [3.63, 3.8) is 0 Å². The number of hydrogen-bond acceptors (Lipinski definition) is 10. The number of pyridine rings is 1. The summed E-state index contributed by atoms with van der Waals surface area (Å²) in [6.45, 7) is 0.688. The standard InChI is InChI=1S/C27H28ClF2N3O8S/c1-42(36,14-2-4-37-5-3-14)33-26(35)13-6-17(29)15(18(30)7-13)10-40-27-16(28)8-19-20(32-27)9-23(31-19)41-22-12-39-24-21(34)11-38-25(22)24/h6-8,14,21-22,24-25,34H,2-5,9-12H2,1H3/t21-,22-,24-,25-,42?/m1/s1. The summed E-state index contributed by atoms with van der Waals surface area (Å²) >= 11 is 6.31. The third-order valence-corrected chi connectivity index (χ3v) is 10.1. The highest BCUT2D eigenvalue weighted by atomic mass is 35.5. The molecule has 42 heavy (non-hydrogen) atoms. The number of nitrogens with zero attached hydrogens (tertiary/aromatic N) is 3. The molecule has 2 aromatic rings. The monoisotopic (exact) mass is 627 g/mol. The normalized spacial score (nSPS) is 26.7. The number of aliphatic imine (C=N–C) groups is 1.